The molecule has 3 N–H and O–H groups in total. The molecule has 0 fully saturated rings. The van der Waals surface area contributed by atoms with E-state index < -0.39 is 12.1 Å². The number of carbonyl (C=O) groups excluding carboxylic acids is 2. The van der Waals surface area contributed by atoms with Gasteiger partial charge in [0, 0.05) is 12.8 Å². The van der Waals surface area contributed by atoms with Crippen molar-refractivity contribution in [3.05, 3.63) is 36.5 Å². The molecule has 6 nitrogen and oxygen atoms in total. The second-order valence-corrected chi connectivity index (χ2v) is 22.4. The summed E-state index contributed by atoms with van der Waals surface area (Å²) in [5.74, 6) is -0.0636. The monoisotopic (exact) mass is 1030 g/mol. The summed E-state index contributed by atoms with van der Waals surface area (Å²) in [4.78, 5) is 24.5. The number of carbonyl (C=O) groups is 2. The van der Waals surface area contributed by atoms with E-state index in [0.29, 0.717) is 19.4 Å². The first-order valence-corrected chi connectivity index (χ1v) is 32.8. The number of aliphatic hydroxyl groups excluding tert-OH is 2. The number of hydrogen-bond donors (Lipinski definition) is 3. The maximum Gasteiger partial charge on any atom is 0.305 e. The number of esters is 1. The molecular weight excluding hydrogens is 899 g/mol. The maximum atomic E-state index is 12.5. The predicted octanol–water partition coefficient (Wildman–Crippen LogP) is 20.8. The molecule has 0 aromatic carbocycles. The third kappa shape index (κ3) is 59.2. The zero-order valence-corrected chi connectivity index (χ0v) is 49.1. The first-order chi connectivity index (χ1) is 36.0. The van der Waals surface area contributed by atoms with Crippen LogP contribution in [-0.2, 0) is 14.3 Å². The van der Waals surface area contributed by atoms with Crippen LogP contribution in [-0.4, -0.2) is 47.4 Å². The molecule has 2 atom stereocenters. The zero-order chi connectivity index (χ0) is 52.9. The molecule has 0 aromatic rings. The molecule has 1 amide bonds. The van der Waals surface area contributed by atoms with Gasteiger partial charge in [0.1, 0.15) is 0 Å². The van der Waals surface area contributed by atoms with Gasteiger partial charge in [-0.25, -0.2) is 0 Å². The fraction of sp³-hybridized carbons (Fsp3) is 0.881. The first kappa shape index (κ1) is 71.1. The molecule has 73 heavy (non-hydrogen) atoms. The second-order valence-electron chi connectivity index (χ2n) is 22.4. The van der Waals surface area contributed by atoms with E-state index in [9.17, 15) is 19.8 Å². The molecule has 0 bridgehead atoms. The predicted molar refractivity (Wildman–Crippen MR) is 319 cm³/mol. The van der Waals surface area contributed by atoms with E-state index in [0.717, 1.165) is 44.9 Å². The van der Waals surface area contributed by atoms with Crippen molar-refractivity contribution in [3.63, 3.8) is 0 Å². The van der Waals surface area contributed by atoms with Gasteiger partial charge in [-0.05, 0) is 83.5 Å². The quantitative estimate of drug-likeness (QED) is 0.0320. The van der Waals surface area contributed by atoms with Gasteiger partial charge in [0.15, 0.2) is 0 Å². The summed E-state index contributed by atoms with van der Waals surface area (Å²) >= 11 is 0. The van der Waals surface area contributed by atoms with Crippen molar-refractivity contribution < 1.29 is 24.5 Å². The molecule has 0 heterocycles. The minimum Gasteiger partial charge on any atom is -0.466 e. The van der Waals surface area contributed by atoms with Crippen LogP contribution in [0.4, 0.5) is 0 Å². The molecular formula is C67H127NO5. The largest absolute Gasteiger partial charge is 0.466 e. The van der Waals surface area contributed by atoms with Gasteiger partial charge in [0.25, 0.3) is 0 Å². The summed E-state index contributed by atoms with van der Waals surface area (Å²) in [7, 11) is 0. The van der Waals surface area contributed by atoms with Gasteiger partial charge >= 0.3 is 5.97 Å². The molecule has 2 unspecified atom stereocenters. The average molecular weight is 1030 g/mol. The lowest BCUT2D eigenvalue weighted by molar-refractivity contribution is -0.143. The number of rotatable bonds is 61. The van der Waals surface area contributed by atoms with Crippen molar-refractivity contribution >= 4 is 11.9 Å². The Labute approximate surface area is 455 Å². The third-order valence-corrected chi connectivity index (χ3v) is 15.1. The van der Waals surface area contributed by atoms with Gasteiger partial charge in [-0.15, -0.1) is 0 Å². The molecule has 0 spiro atoms. The summed E-state index contributed by atoms with van der Waals surface area (Å²) in [5, 5.41) is 23.2. The van der Waals surface area contributed by atoms with Crippen LogP contribution >= 0.6 is 0 Å². The summed E-state index contributed by atoms with van der Waals surface area (Å²) in [6.07, 6.45) is 79.1. The van der Waals surface area contributed by atoms with E-state index in [1.165, 1.54) is 283 Å². The van der Waals surface area contributed by atoms with Crippen molar-refractivity contribution in [1.82, 2.24) is 5.32 Å². The minimum absolute atomic E-state index is 0.00388. The molecule has 0 aromatic heterocycles. The van der Waals surface area contributed by atoms with Crippen molar-refractivity contribution in [2.45, 2.75) is 366 Å². The average Bonchev–Trinajstić information content (AvgIpc) is 3.39. The van der Waals surface area contributed by atoms with E-state index in [1.54, 1.807) is 6.08 Å². The number of allylic oxidation sites excluding steroid dienone is 5. The van der Waals surface area contributed by atoms with Crippen LogP contribution in [0.3, 0.4) is 0 Å². The third-order valence-electron chi connectivity index (χ3n) is 15.1. The maximum absolute atomic E-state index is 12.5. The Balaban J connectivity index is 3.42. The van der Waals surface area contributed by atoms with Crippen LogP contribution in [0.1, 0.15) is 354 Å². The molecule has 0 saturated heterocycles. The fourth-order valence-electron chi connectivity index (χ4n) is 10.1. The number of ether oxygens (including phenoxy) is 1. The molecule has 430 valence electrons. The Kier molecular flexibility index (Phi) is 61.0. The number of hydrogen-bond acceptors (Lipinski definition) is 5. The van der Waals surface area contributed by atoms with Crippen molar-refractivity contribution in [3.8, 4) is 0 Å². The van der Waals surface area contributed by atoms with Crippen LogP contribution in [0, 0.1) is 0 Å². The Morgan fingerprint density at radius 1 is 0.370 bits per heavy atom. The number of amides is 1. The topological polar surface area (TPSA) is 95.9 Å². The number of nitrogens with one attached hydrogen (secondary N) is 1. The van der Waals surface area contributed by atoms with Crippen LogP contribution < -0.4 is 5.32 Å². The van der Waals surface area contributed by atoms with Gasteiger partial charge in [-0.3, -0.25) is 9.59 Å². The second kappa shape index (κ2) is 62.6. The van der Waals surface area contributed by atoms with E-state index in [-0.39, 0.29) is 18.5 Å². The van der Waals surface area contributed by atoms with Crippen molar-refractivity contribution in [2.24, 2.45) is 0 Å². The highest BCUT2D eigenvalue weighted by Gasteiger charge is 2.18. The van der Waals surface area contributed by atoms with Gasteiger partial charge in [-0.1, -0.05) is 294 Å². The molecule has 0 saturated carbocycles. The number of aliphatic hydroxyl groups is 2. The molecule has 0 radical (unpaired) electrons. The van der Waals surface area contributed by atoms with Crippen LogP contribution in [0.5, 0.6) is 0 Å². The lowest BCUT2D eigenvalue weighted by atomic mass is 10.0. The molecule has 0 aliphatic heterocycles. The Morgan fingerprint density at radius 3 is 1.00 bits per heavy atom. The normalized spacial score (nSPS) is 12.8. The van der Waals surface area contributed by atoms with Gasteiger partial charge in [0.05, 0.1) is 25.4 Å². The summed E-state index contributed by atoms with van der Waals surface area (Å²) in [5.41, 5.74) is 0. The standard InChI is InChI=1S/C67H127NO5/c1-3-5-7-9-11-13-15-17-18-19-30-33-36-39-43-47-51-55-59-65(70)64(63-69)68-66(71)60-56-52-48-44-40-37-34-31-28-26-24-22-20-21-23-25-27-29-32-35-38-42-46-50-54-58-62-73-67(72)61-57-53-49-45-41-16-14-12-10-8-6-4-2/h12,14,20,22,55,59,64-65,69-70H,3-11,13,15-19,21,23-54,56-58,60-63H2,1-2H3,(H,68,71)/b14-12-,22-20-,59-55+. The first-order valence-electron chi connectivity index (χ1n) is 32.8. The SMILES string of the molecule is CCCCC/C=C\CCCCCCCC(=O)OCCCCCCCCCCCCCC/C=C\CCCCCCCCCCCCC(=O)NC(CO)C(O)/C=C/CCCCCCCCCCCCCCCCCC. The molecule has 0 aliphatic carbocycles. The van der Waals surface area contributed by atoms with Gasteiger partial charge in [0.2, 0.25) is 5.91 Å². The Hall–Kier alpha value is -1.92. The van der Waals surface area contributed by atoms with E-state index in [4.69, 9.17) is 4.74 Å². The van der Waals surface area contributed by atoms with Crippen LogP contribution in [0.2, 0.25) is 0 Å². The van der Waals surface area contributed by atoms with E-state index in [2.05, 4.69) is 43.5 Å². The molecule has 0 rings (SSSR count). The lowest BCUT2D eigenvalue weighted by Crippen LogP contribution is -2.45. The molecule has 0 aliphatic rings. The van der Waals surface area contributed by atoms with Crippen molar-refractivity contribution in [2.75, 3.05) is 13.2 Å². The summed E-state index contributed by atoms with van der Waals surface area (Å²) in [6, 6.07) is -0.630. The Bertz CT molecular complexity index is 1180. The molecule has 6 heteroatoms. The highest BCUT2D eigenvalue weighted by Crippen LogP contribution is 2.17. The van der Waals surface area contributed by atoms with E-state index in [1.807, 2.05) is 6.08 Å². The van der Waals surface area contributed by atoms with Gasteiger partial charge in [-0.2, -0.15) is 0 Å². The van der Waals surface area contributed by atoms with Crippen LogP contribution in [0.15, 0.2) is 36.5 Å². The summed E-state index contributed by atoms with van der Waals surface area (Å²) in [6.45, 7) is 4.90. The lowest BCUT2D eigenvalue weighted by Gasteiger charge is -2.20. The summed E-state index contributed by atoms with van der Waals surface area (Å²) < 4.78 is 5.47. The smallest absolute Gasteiger partial charge is 0.305 e. The zero-order valence-electron chi connectivity index (χ0n) is 49.1. The van der Waals surface area contributed by atoms with Crippen LogP contribution in [0.25, 0.3) is 0 Å². The minimum atomic E-state index is -0.846. The highest BCUT2D eigenvalue weighted by molar-refractivity contribution is 5.76. The van der Waals surface area contributed by atoms with Crippen molar-refractivity contribution in [1.29, 1.82) is 0 Å². The highest BCUT2D eigenvalue weighted by atomic mass is 16.5. The van der Waals surface area contributed by atoms with Gasteiger partial charge < -0.3 is 20.3 Å². The van der Waals surface area contributed by atoms with E-state index >= 15 is 0 Å². The fourth-order valence-corrected chi connectivity index (χ4v) is 10.1. The Morgan fingerprint density at radius 2 is 0.644 bits per heavy atom. The number of unbranched alkanes of at least 4 members (excludes halogenated alkanes) is 46.